The molecule has 1 aliphatic heterocycles. The first kappa shape index (κ1) is 12.4. The van der Waals surface area contributed by atoms with Crippen molar-refractivity contribution in [1.29, 1.82) is 0 Å². The third-order valence-corrected chi connectivity index (χ3v) is 3.50. The van der Waals surface area contributed by atoms with Crippen molar-refractivity contribution in [3.8, 4) is 5.75 Å². The van der Waals surface area contributed by atoms with Gasteiger partial charge in [0.1, 0.15) is 5.75 Å². The first-order valence-electron chi connectivity index (χ1n) is 6.37. The highest BCUT2D eigenvalue weighted by atomic mass is 16.5. The second-order valence-electron chi connectivity index (χ2n) is 4.83. The summed E-state index contributed by atoms with van der Waals surface area (Å²) in [5.41, 5.74) is 7.10. The maximum Gasteiger partial charge on any atom is 0.118 e. The van der Waals surface area contributed by atoms with E-state index in [9.17, 15) is 0 Å². The van der Waals surface area contributed by atoms with Crippen molar-refractivity contribution in [2.75, 3.05) is 26.7 Å². The van der Waals surface area contributed by atoms with Crippen LogP contribution in [0.5, 0.6) is 5.75 Å². The smallest absolute Gasteiger partial charge is 0.118 e. The van der Waals surface area contributed by atoms with Crippen LogP contribution < -0.4 is 10.5 Å². The zero-order valence-corrected chi connectivity index (χ0v) is 10.6. The maximum atomic E-state index is 5.75. The molecule has 1 aromatic carbocycles. The van der Waals surface area contributed by atoms with E-state index in [0.717, 1.165) is 25.4 Å². The van der Waals surface area contributed by atoms with Crippen molar-refractivity contribution in [3.05, 3.63) is 29.8 Å². The van der Waals surface area contributed by atoms with E-state index in [0.29, 0.717) is 5.92 Å². The molecule has 1 saturated heterocycles. The van der Waals surface area contributed by atoms with Gasteiger partial charge in [-0.3, -0.25) is 4.90 Å². The quantitative estimate of drug-likeness (QED) is 0.864. The summed E-state index contributed by atoms with van der Waals surface area (Å²) >= 11 is 0. The minimum absolute atomic E-state index is 0.682. The van der Waals surface area contributed by atoms with E-state index in [1.807, 2.05) is 12.1 Å². The number of nitrogens with zero attached hydrogens (tertiary/aromatic N) is 1. The highest BCUT2D eigenvalue weighted by Crippen LogP contribution is 2.19. The number of benzene rings is 1. The number of ether oxygens (including phenoxy) is 1. The highest BCUT2D eigenvalue weighted by molar-refractivity contribution is 5.27. The number of nitrogens with two attached hydrogens (primary N) is 1. The molecule has 17 heavy (non-hydrogen) atoms. The zero-order valence-electron chi connectivity index (χ0n) is 10.6. The van der Waals surface area contributed by atoms with Crippen molar-refractivity contribution >= 4 is 0 Å². The van der Waals surface area contributed by atoms with Crippen LogP contribution in [0.1, 0.15) is 18.4 Å². The van der Waals surface area contributed by atoms with Gasteiger partial charge < -0.3 is 10.5 Å². The first-order chi connectivity index (χ1) is 8.31. The summed E-state index contributed by atoms with van der Waals surface area (Å²) in [7, 11) is 1.70. The Balaban J connectivity index is 1.90. The fourth-order valence-electron chi connectivity index (χ4n) is 2.48. The summed E-state index contributed by atoms with van der Waals surface area (Å²) < 4.78 is 5.16. The SMILES string of the molecule is COc1ccc(CN2CCC[C@H](CN)C2)cc1. The van der Waals surface area contributed by atoms with Crippen molar-refractivity contribution < 1.29 is 4.74 Å². The van der Waals surface area contributed by atoms with Crippen LogP contribution in [-0.4, -0.2) is 31.6 Å². The lowest BCUT2D eigenvalue weighted by Gasteiger charge is -2.32. The molecular formula is C14H22N2O. The maximum absolute atomic E-state index is 5.75. The number of hydrogen-bond donors (Lipinski definition) is 1. The predicted molar refractivity (Wildman–Crippen MR) is 70.0 cm³/mol. The highest BCUT2D eigenvalue weighted by Gasteiger charge is 2.18. The lowest BCUT2D eigenvalue weighted by atomic mass is 9.98. The van der Waals surface area contributed by atoms with Crippen LogP contribution in [0, 0.1) is 5.92 Å². The average molecular weight is 234 g/mol. The van der Waals surface area contributed by atoms with E-state index in [1.165, 1.54) is 24.9 Å². The molecule has 0 aliphatic carbocycles. The number of rotatable bonds is 4. The second-order valence-corrected chi connectivity index (χ2v) is 4.83. The number of methoxy groups -OCH3 is 1. The molecule has 0 bridgehead atoms. The van der Waals surface area contributed by atoms with Gasteiger partial charge in [0.05, 0.1) is 7.11 Å². The number of piperidine rings is 1. The van der Waals surface area contributed by atoms with Gasteiger partial charge >= 0.3 is 0 Å². The number of likely N-dealkylation sites (tertiary alicyclic amines) is 1. The van der Waals surface area contributed by atoms with E-state index < -0.39 is 0 Å². The molecule has 1 heterocycles. The Morgan fingerprint density at radius 3 is 2.76 bits per heavy atom. The van der Waals surface area contributed by atoms with Gasteiger partial charge in [-0.25, -0.2) is 0 Å². The summed E-state index contributed by atoms with van der Waals surface area (Å²) in [6.07, 6.45) is 2.56. The van der Waals surface area contributed by atoms with Gasteiger partial charge in [0.25, 0.3) is 0 Å². The Labute approximate surface area is 104 Å². The van der Waals surface area contributed by atoms with Crippen molar-refractivity contribution in [2.24, 2.45) is 11.7 Å². The summed E-state index contributed by atoms with van der Waals surface area (Å²) in [5.74, 6) is 1.61. The fraction of sp³-hybridized carbons (Fsp3) is 0.571. The molecule has 2 rings (SSSR count). The Kier molecular flexibility index (Phi) is 4.40. The van der Waals surface area contributed by atoms with Gasteiger partial charge in [-0.1, -0.05) is 12.1 Å². The Hall–Kier alpha value is -1.06. The van der Waals surface area contributed by atoms with Crippen LogP contribution in [0.3, 0.4) is 0 Å². The minimum atomic E-state index is 0.682. The molecule has 1 atom stereocenters. The third kappa shape index (κ3) is 3.45. The van der Waals surface area contributed by atoms with E-state index in [4.69, 9.17) is 10.5 Å². The molecular weight excluding hydrogens is 212 g/mol. The van der Waals surface area contributed by atoms with Crippen molar-refractivity contribution in [1.82, 2.24) is 4.90 Å². The Morgan fingerprint density at radius 1 is 1.35 bits per heavy atom. The predicted octanol–water partition coefficient (Wildman–Crippen LogP) is 1.87. The van der Waals surface area contributed by atoms with Crippen LogP contribution in [0.4, 0.5) is 0 Å². The fourth-order valence-corrected chi connectivity index (χ4v) is 2.48. The van der Waals surface area contributed by atoms with E-state index in [1.54, 1.807) is 7.11 Å². The van der Waals surface area contributed by atoms with Gasteiger partial charge in [0.15, 0.2) is 0 Å². The topological polar surface area (TPSA) is 38.5 Å². The molecule has 0 unspecified atom stereocenters. The van der Waals surface area contributed by atoms with Gasteiger partial charge in [-0.15, -0.1) is 0 Å². The molecule has 1 aromatic rings. The molecule has 0 saturated carbocycles. The largest absolute Gasteiger partial charge is 0.497 e. The van der Waals surface area contributed by atoms with Gasteiger partial charge in [-0.05, 0) is 49.5 Å². The van der Waals surface area contributed by atoms with Crippen LogP contribution in [-0.2, 0) is 6.54 Å². The molecule has 3 nitrogen and oxygen atoms in total. The van der Waals surface area contributed by atoms with Gasteiger partial charge in [0.2, 0.25) is 0 Å². The van der Waals surface area contributed by atoms with Crippen molar-refractivity contribution in [2.45, 2.75) is 19.4 Å². The minimum Gasteiger partial charge on any atom is -0.497 e. The molecule has 0 amide bonds. The monoisotopic (exact) mass is 234 g/mol. The molecule has 0 spiro atoms. The second kappa shape index (κ2) is 6.03. The molecule has 94 valence electrons. The van der Waals surface area contributed by atoms with E-state index in [-0.39, 0.29) is 0 Å². The van der Waals surface area contributed by atoms with Crippen molar-refractivity contribution in [3.63, 3.8) is 0 Å². The van der Waals surface area contributed by atoms with Gasteiger partial charge in [-0.2, -0.15) is 0 Å². The molecule has 0 radical (unpaired) electrons. The van der Waals surface area contributed by atoms with Gasteiger partial charge in [0, 0.05) is 13.1 Å². The van der Waals surface area contributed by atoms with E-state index >= 15 is 0 Å². The van der Waals surface area contributed by atoms with Crippen LogP contribution >= 0.6 is 0 Å². The van der Waals surface area contributed by atoms with Crippen LogP contribution in [0.25, 0.3) is 0 Å². The molecule has 1 aliphatic rings. The van der Waals surface area contributed by atoms with Crippen LogP contribution in [0.2, 0.25) is 0 Å². The average Bonchev–Trinajstić information content (AvgIpc) is 2.40. The summed E-state index contributed by atoms with van der Waals surface area (Å²) in [5, 5.41) is 0. The van der Waals surface area contributed by atoms with Crippen LogP contribution in [0.15, 0.2) is 24.3 Å². The third-order valence-electron chi connectivity index (χ3n) is 3.50. The normalized spacial score (nSPS) is 21.4. The zero-order chi connectivity index (χ0) is 12.1. The summed E-state index contributed by atoms with van der Waals surface area (Å²) in [4.78, 5) is 2.50. The molecule has 0 aromatic heterocycles. The molecule has 3 heteroatoms. The summed E-state index contributed by atoms with van der Waals surface area (Å²) in [6, 6.07) is 8.34. The molecule has 1 fully saturated rings. The standard InChI is InChI=1S/C14H22N2O/c1-17-14-6-4-12(5-7-14)10-16-8-2-3-13(9-15)11-16/h4-7,13H,2-3,8-11,15H2,1H3/t13-/m1/s1. The molecule has 2 N–H and O–H groups in total. The number of hydrogen-bond acceptors (Lipinski definition) is 3. The first-order valence-corrected chi connectivity index (χ1v) is 6.37. The Bertz CT molecular complexity index is 337. The van der Waals surface area contributed by atoms with E-state index in [2.05, 4.69) is 17.0 Å². The Morgan fingerprint density at radius 2 is 2.12 bits per heavy atom. The lowest BCUT2D eigenvalue weighted by molar-refractivity contribution is 0.171. The summed E-state index contributed by atoms with van der Waals surface area (Å²) in [6.45, 7) is 4.19. The lowest BCUT2D eigenvalue weighted by Crippen LogP contribution is -2.37.